The summed E-state index contributed by atoms with van der Waals surface area (Å²) in [5, 5.41) is 6.17. The molecule has 2 aromatic rings. The van der Waals surface area contributed by atoms with E-state index in [0.29, 0.717) is 27.5 Å². The number of aryl methyl sites for hydroxylation is 1. The van der Waals surface area contributed by atoms with Crippen LogP contribution in [0, 0.1) is 0 Å². The smallest absolute Gasteiger partial charge is 0.338 e. The number of benzene rings is 2. The highest BCUT2D eigenvalue weighted by Crippen LogP contribution is 2.35. The Morgan fingerprint density at radius 3 is 2.56 bits per heavy atom. The van der Waals surface area contributed by atoms with Crippen molar-refractivity contribution in [3.8, 4) is 0 Å². The quantitative estimate of drug-likeness (QED) is 0.615. The minimum absolute atomic E-state index is 0.0505. The van der Waals surface area contributed by atoms with Gasteiger partial charge in [-0.2, -0.15) is 0 Å². The standard InChI is InChI=1S/C24H24ClN3O4/c1-2-3-4-15-5-11-18(12-6-15)26-20(29)13-28-19-14-32-23(30)21(19)22(27-24(28)31)16-7-9-17(25)10-8-16/h5-12,22H,2-4,13-14H2,1H3,(H,26,29)(H,27,31). The van der Waals surface area contributed by atoms with Gasteiger partial charge in [0.05, 0.1) is 17.3 Å². The third-order valence-corrected chi connectivity index (χ3v) is 5.81. The third-order valence-electron chi connectivity index (χ3n) is 5.56. The molecule has 0 fully saturated rings. The number of carbonyl (C=O) groups excluding carboxylic acids is 3. The van der Waals surface area contributed by atoms with Crippen molar-refractivity contribution in [2.45, 2.75) is 32.2 Å². The number of hydrogen-bond donors (Lipinski definition) is 2. The lowest BCUT2D eigenvalue weighted by Gasteiger charge is -2.32. The number of nitrogens with one attached hydrogen (secondary N) is 2. The molecule has 0 radical (unpaired) electrons. The Balaban J connectivity index is 1.49. The van der Waals surface area contributed by atoms with Gasteiger partial charge in [-0.3, -0.25) is 9.69 Å². The molecule has 0 aromatic heterocycles. The van der Waals surface area contributed by atoms with E-state index in [4.69, 9.17) is 16.3 Å². The van der Waals surface area contributed by atoms with Gasteiger partial charge in [0.15, 0.2) is 0 Å². The lowest BCUT2D eigenvalue weighted by atomic mass is 9.96. The molecule has 2 aliphatic rings. The second-order valence-corrected chi connectivity index (χ2v) is 8.24. The number of halogens is 1. The minimum Gasteiger partial charge on any atom is -0.456 e. The zero-order valence-electron chi connectivity index (χ0n) is 17.7. The summed E-state index contributed by atoms with van der Waals surface area (Å²) in [7, 11) is 0. The lowest BCUT2D eigenvalue weighted by Crippen LogP contribution is -2.49. The van der Waals surface area contributed by atoms with Crippen LogP contribution < -0.4 is 10.6 Å². The number of cyclic esters (lactones) is 1. The van der Waals surface area contributed by atoms with Gasteiger partial charge in [0.2, 0.25) is 5.91 Å². The third kappa shape index (κ3) is 4.62. The zero-order chi connectivity index (χ0) is 22.7. The number of rotatable bonds is 7. The van der Waals surface area contributed by atoms with Crippen molar-refractivity contribution in [1.29, 1.82) is 0 Å². The van der Waals surface area contributed by atoms with Crippen molar-refractivity contribution in [2.75, 3.05) is 18.5 Å². The van der Waals surface area contributed by atoms with E-state index in [-0.39, 0.29) is 19.1 Å². The van der Waals surface area contributed by atoms with Gasteiger partial charge in [0.25, 0.3) is 0 Å². The molecule has 32 heavy (non-hydrogen) atoms. The van der Waals surface area contributed by atoms with E-state index in [1.807, 2.05) is 24.3 Å². The van der Waals surface area contributed by atoms with Crippen molar-refractivity contribution in [3.05, 3.63) is 76.0 Å². The zero-order valence-corrected chi connectivity index (χ0v) is 18.4. The van der Waals surface area contributed by atoms with Crippen molar-refractivity contribution >= 4 is 35.2 Å². The van der Waals surface area contributed by atoms with Crippen LogP contribution in [0.1, 0.15) is 36.9 Å². The molecule has 3 amide bonds. The number of hydrogen-bond acceptors (Lipinski definition) is 4. The van der Waals surface area contributed by atoms with Crippen molar-refractivity contribution in [2.24, 2.45) is 0 Å². The first-order valence-corrected chi connectivity index (χ1v) is 11.0. The molecule has 1 unspecified atom stereocenters. The first kappa shape index (κ1) is 21.9. The number of ether oxygens (including phenoxy) is 1. The highest BCUT2D eigenvalue weighted by Gasteiger charge is 2.42. The van der Waals surface area contributed by atoms with E-state index < -0.39 is 18.0 Å². The molecule has 2 heterocycles. The maximum absolute atomic E-state index is 12.8. The van der Waals surface area contributed by atoms with Crippen LogP contribution in [0.2, 0.25) is 5.02 Å². The molecular weight excluding hydrogens is 430 g/mol. The monoisotopic (exact) mass is 453 g/mol. The molecule has 4 rings (SSSR count). The molecular formula is C24H24ClN3O4. The molecule has 166 valence electrons. The molecule has 1 atom stereocenters. The fraction of sp³-hybridized carbons (Fsp3) is 0.292. The molecule has 2 aromatic carbocycles. The van der Waals surface area contributed by atoms with E-state index >= 15 is 0 Å². The molecule has 2 aliphatic heterocycles. The van der Waals surface area contributed by atoms with Gasteiger partial charge < -0.3 is 15.4 Å². The Morgan fingerprint density at radius 1 is 1.16 bits per heavy atom. The summed E-state index contributed by atoms with van der Waals surface area (Å²) in [5.74, 6) is -0.870. The van der Waals surface area contributed by atoms with Crippen LogP contribution in [-0.4, -0.2) is 36.0 Å². The first-order valence-electron chi connectivity index (χ1n) is 10.6. The number of urea groups is 1. The van der Waals surface area contributed by atoms with Crippen molar-refractivity contribution in [1.82, 2.24) is 10.2 Å². The fourth-order valence-electron chi connectivity index (χ4n) is 3.86. The maximum atomic E-state index is 12.8. The van der Waals surface area contributed by atoms with Crippen LogP contribution in [0.4, 0.5) is 10.5 Å². The molecule has 0 saturated heterocycles. The summed E-state index contributed by atoms with van der Waals surface area (Å²) in [5.41, 5.74) is 3.31. The average Bonchev–Trinajstić information content (AvgIpc) is 3.17. The number of amides is 3. The summed E-state index contributed by atoms with van der Waals surface area (Å²) >= 11 is 5.95. The van der Waals surface area contributed by atoms with Crippen LogP contribution in [0.15, 0.2) is 59.8 Å². The molecule has 8 heteroatoms. The number of carbonyl (C=O) groups is 3. The molecule has 0 aliphatic carbocycles. The van der Waals surface area contributed by atoms with Gasteiger partial charge in [0.1, 0.15) is 13.2 Å². The average molecular weight is 454 g/mol. The second-order valence-electron chi connectivity index (χ2n) is 7.81. The van der Waals surface area contributed by atoms with Gasteiger partial charge in [-0.1, -0.05) is 49.2 Å². The largest absolute Gasteiger partial charge is 0.456 e. The fourth-order valence-corrected chi connectivity index (χ4v) is 3.99. The van der Waals surface area contributed by atoms with E-state index in [1.54, 1.807) is 24.3 Å². The van der Waals surface area contributed by atoms with E-state index in [2.05, 4.69) is 17.6 Å². The number of anilines is 1. The Morgan fingerprint density at radius 2 is 1.88 bits per heavy atom. The predicted octanol–water partition coefficient (Wildman–Crippen LogP) is 4.20. The maximum Gasteiger partial charge on any atom is 0.338 e. The summed E-state index contributed by atoms with van der Waals surface area (Å²) < 4.78 is 5.19. The molecule has 0 spiro atoms. The predicted molar refractivity (Wildman–Crippen MR) is 121 cm³/mol. The van der Waals surface area contributed by atoms with E-state index in [0.717, 1.165) is 19.3 Å². The van der Waals surface area contributed by atoms with E-state index in [9.17, 15) is 14.4 Å². The minimum atomic E-state index is -0.653. The summed E-state index contributed by atoms with van der Waals surface area (Å²) in [4.78, 5) is 39.2. The van der Waals surface area contributed by atoms with Gasteiger partial charge in [-0.25, -0.2) is 9.59 Å². The van der Waals surface area contributed by atoms with Crippen LogP contribution in [-0.2, 0) is 20.7 Å². The molecule has 2 N–H and O–H groups in total. The van der Waals surface area contributed by atoms with Crippen LogP contribution in [0.5, 0.6) is 0 Å². The normalized spacial score (nSPS) is 17.7. The Kier molecular flexibility index (Phi) is 6.46. The Hall–Kier alpha value is -3.32. The number of nitrogens with zero attached hydrogens (tertiary/aromatic N) is 1. The van der Waals surface area contributed by atoms with Crippen LogP contribution >= 0.6 is 11.6 Å². The van der Waals surface area contributed by atoms with Crippen molar-refractivity contribution < 1.29 is 19.1 Å². The topological polar surface area (TPSA) is 87.7 Å². The Labute approximate surface area is 191 Å². The van der Waals surface area contributed by atoms with Crippen LogP contribution in [0.3, 0.4) is 0 Å². The summed E-state index contributed by atoms with van der Waals surface area (Å²) in [6, 6.07) is 13.4. The summed E-state index contributed by atoms with van der Waals surface area (Å²) in [6.07, 6.45) is 3.24. The van der Waals surface area contributed by atoms with Gasteiger partial charge in [-0.05, 0) is 48.2 Å². The molecule has 0 saturated carbocycles. The first-order chi connectivity index (χ1) is 15.5. The van der Waals surface area contributed by atoms with Gasteiger partial charge >= 0.3 is 12.0 Å². The highest BCUT2D eigenvalue weighted by molar-refractivity contribution is 6.30. The van der Waals surface area contributed by atoms with Crippen LogP contribution in [0.25, 0.3) is 0 Å². The van der Waals surface area contributed by atoms with Crippen molar-refractivity contribution in [3.63, 3.8) is 0 Å². The van der Waals surface area contributed by atoms with Gasteiger partial charge in [-0.15, -0.1) is 0 Å². The summed E-state index contributed by atoms with van der Waals surface area (Å²) in [6.45, 7) is 1.87. The van der Waals surface area contributed by atoms with Gasteiger partial charge in [0, 0.05) is 10.7 Å². The molecule has 7 nitrogen and oxygen atoms in total. The lowest BCUT2D eigenvalue weighted by molar-refractivity contribution is -0.136. The number of unbranched alkanes of at least 4 members (excludes halogenated alkanes) is 1. The second kappa shape index (κ2) is 9.44. The number of esters is 1. The SMILES string of the molecule is CCCCc1ccc(NC(=O)CN2C(=O)NC(c3ccc(Cl)cc3)C3=C2COC3=O)cc1. The molecule has 0 bridgehead atoms. The Bertz CT molecular complexity index is 1060. The highest BCUT2D eigenvalue weighted by atomic mass is 35.5. The van der Waals surface area contributed by atoms with E-state index in [1.165, 1.54) is 10.5 Å².